The Bertz CT molecular complexity index is 981. The second-order valence-corrected chi connectivity index (χ2v) is 10.4. The summed E-state index contributed by atoms with van der Waals surface area (Å²) in [5.74, 6) is -0.945. The molecule has 8 heteroatoms. The molecule has 1 aliphatic heterocycles. The van der Waals surface area contributed by atoms with Crippen LogP contribution in [0.2, 0.25) is 0 Å². The molecular formula is C30H44N2O6. The first-order chi connectivity index (χ1) is 17.9. The third-order valence-corrected chi connectivity index (χ3v) is 5.86. The van der Waals surface area contributed by atoms with Crippen LogP contribution in [0.25, 0.3) is 0 Å². The van der Waals surface area contributed by atoms with Gasteiger partial charge in [-0.25, -0.2) is 4.79 Å². The van der Waals surface area contributed by atoms with Gasteiger partial charge in [-0.15, -0.1) is 0 Å². The fourth-order valence-electron chi connectivity index (χ4n) is 3.67. The van der Waals surface area contributed by atoms with E-state index in [2.05, 4.69) is 10.6 Å². The quantitative estimate of drug-likeness (QED) is 0.141. The molecular weight excluding hydrogens is 484 g/mol. The molecule has 0 fully saturated rings. The Morgan fingerprint density at radius 1 is 1.21 bits per heavy atom. The number of nitrogens with one attached hydrogen (secondary N) is 2. The van der Waals surface area contributed by atoms with Gasteiger partial charge in [0.05, 0.1) is 13.2 Å². The molecule has 4 atom stereocenters. The number of aliphatic hydroxyl groups excluding tert-OH is 1. The number of aliphatic hydroxyl groups is 1. The molecule has 0 aliphatic carbocycles. The van der Waals surface area contributed by atoms with Crippen molar-refractivity contribution in [2.45, 2.75) is 79.1 Å². The highest BCUT2D eigenvalue weighted by Gasteiger charge is 2.32. The van der Waals surface area contributed by atoms with Crippen LogP contribution in [0.15, 0.2) is 72.2 Å². The van der Waals surface area contributed by atoms with Gasteiger partial charge in [-0.1, -0.05) is 75.8 Å². The number of methoxy groups -OCH3 is 1. The second kappa shape index (κ2) is 16.5. The van der Waals surface area contributed by atoms with E-state index in [-0.39, 0.29) is 29.6 Å². The molecule has 1 rings (SSSR count). The number of rotatable bonds is 13. The first kappa shape index (κ1) is 32.6. The highest BCUT2D eigenvalue weighted by Crippen LogP contribution is 2.23. The summed E-state index contributed by atoms with van der Waals surface area (Å²) in [6.45, 7) is 11.4. The predicted molar refractivity (Wildman–Crippen MR) is 150 cm³/mol. The molecule has 0 saturated carbocycles. The summed E-state index contributed by atoms with van der Waals surface area (Å²) in [4.78, 5) is 37.1. The molecule has 210 valence electrons. The van der Waals surface area contributed by atoms with E-state index in [1.165, 1.54) is 19.4 Å². The lowest BCUT2D eigenvalue weighted by Gasteiger charge is -2.29. The van der Waals surface area contributed by atoms with Crippen LogP contribution in [0.1, 0.15) is 60.8 Å². The normalized spacial score (nSPS) is 19.5. The number of esters is 1. The van der Waals surface area contributed by atoms with Gasteiger partial charge in [-0.2, -0.15) is 0 Å². The van der Waals surface area contributed by atoms with Crippen LogP contribution < -0.4 is 10.6 Å². The maximum absolute atomic E-state index is 12.7. The smallest absolute Gasteiger partial charge is 0.373 e. The molecule has 0 bridgehead atoms. The van der Waals surface area contributed by atoms with E-state index in [4.69, 9.17) is 9.47 Å². The largest absolute Gasteiger partial charge is 0.490 e. The Kier molecular flexibility index (Phi) is 14.1. The monoisotopic (exact) mass is 528 g/mol. The standard InChI is InChI=1S/C30H44N2O6/c1-8-9-14-23(33)15-12-19-31-28(35)27(30(4,5)6)32-26(34)16-11-10-13-21(2)20-22(3)24-17-18-25(37-7)29(36)38-24/h8-13,16,18-20,22-24,27,33H,14-15,17H2,1-7H3,(H,31,35)(H,32,34)/b9-8-,13-10-,16-11-,19-12-,21-20+/t22-,23-,24?,27+/m0/s1. The average molecular weight is 529 g/mol. The fourth-order valence-corrected chi connectivity index (χ4v) is 3.67. The molecule has 0 aromatic carbocycles. The Morgan fingerprint density at radius 3 is 2.47 bits per heavy atom. The number of carbonyl (C=O) groups excluding carboxylic acids is 3. The van der Waals surface area contributed by atoms with Crippen molar-refractivity contribution in [3.8, 4) is 0 Å². The Labute approximate surface area is 227 Å². The minimum absolute atomic E-state index is 0.00193. The molecule has 0 spiro atoms. The van der Waals surface area contributed by atoms with Gasteiger partial charge in [0.1, 0.15) is 12.1 Å². The Balaban J connectivity index is 2.64. The van der Waals surface area contributed by atoms with Crippen molar-refractivity contribution in [2.24, 2.45) is 11.3 Å². The second-order valence-electron chi connectivity index (χ2n) is 10.4. The molecule has 0 aromatic heterocycles. The third kappa shape index (κ3) is 12.2. The number of ether oxygens (including phenoxy) is 2. The first-order valence-electron chi connectivity index (χ1n) is 12.9. The summed E-state index contributed by atoms with van der Waals surface area (Å²) in [7, 11) is 1.44. The van der Waals surface area contributed by atoms with Crippen LogP contribution >= 0.6 is 0 Å². The van der Waals surface area contributed by atoms with Crippen molar-refractivity contribution >= 4 is 17.8 Å². The zero-order valence-electron chi connectivity index (χ0n) is 23.7. The van der Waals surface area contributed by atoms with Crippen LogP contribution in [-0.4, -0.2) is 48.2 Å². The van der Waals surface area contributed by atoms with E-state index in [0.29, 0.717) is 19.3 Å². The van der Waals surface area contributed by atoms with Gasteiger partial charge >= 0.3 is 5.97 Å². The number of amides is 2. The zero-order chi connectivity index (χ0) is 28.7. The fraction of sp³-hybridized carbons (Fsp3) is 0.500. The Hall–Kier alpha value is -3.39. The predicted octanol–water partition coefficient (Wildman–Crippen LogP) is 4.41. The van der Waals surface area contributed by atoms with Crippen molar-refractivity contribution in [3.63, 3.8) is 0 Å². The molecule has 1 aliphatic rings. The summed E-state index contributed by atoms with van der Waals surface area (Å²) in [5.41, 5.74) is 0.439. The highest BCUT2D eigenvalue weighted by atomic mass is 16.6. The van der Waals surface area contributed by atoms with Crippen LogP contribution in [-0.2, 0) is 23.9 Å². The summed E-state index contributed by atoms with van der Waals surface area (Å²) in [6, 6.07) is -0.755. The number of carbonyl (C=O) groups is 3. The lowest BCUT2D eigenvalue weighted by molar-refractivity contribution is -0.151. The molecule has 0 saturated heterocycles. The van der Waals surface area contributed by atoms with Crippen molar-refractivity contribution in [1.82, 2.24) is 10.6 Å². The highest BCUT2D eigenvalue weighted by molar-refractivity contribution is 5.93. The first-order valence-corrected chi connectivity index (χ1v) is 12.9. The van der Waals surface area contributed by atoms with Gasteiger partial charge < -0.3 is 25.2 Å². The summed E-state index contributed by atoms with van der Waals surface area (Å²) >= 11 is 0. The number of allylic oxidation sites excluding steroid dienone is 5. The number of hydrogen-bond acceptors (Lipinski definition) is 6. The van der Waals surface area contributed by atoms with Gasteiger partial charge in [0.25, 0.3) is 0 Å². The molecule has 1 heterocycles. The van der Waals surface area contributed by atoms with Gasteiger partial charge in [-0.05, 0) is 44.4 Å². The molecule has 38 heavy (non-hydrogen) atoms. The van der Waals surface area contributed by atoms with E-state index in [1.54, 1.807) is 24.3 Å². The maximum Gasteiger partial charge on any atom is 0.373 e. The molecule has 0 radical (unpaired) electrons. The average Bonchev–Trinajstić information content (AvgIpc) is 2.85. The minimum Gasteiger partial charge on any atom is -0.490 e. The Morgan fingerprint density at radius 2 is 1.87 bits per heavy atom. The maximum atomic E-state index is 12.7. The lowest BCUT2D eigenvalue weighted by Crippen LogP contribution is -2.52. The van der Waals surface area contributed by atoms with Crippen molar-refractivity contribution in [3.05, 3.63) is 72.2 Å². The SMILES string of the molecule is C/C=C\C[C@H](O)C/C=C\NC(=O)[C@@H](NC(=O)\C=C/C=C\C(C)=C\[C@H](C)C1CC=C(OC)C(=O)O1)C(C)(C)C. The topological polar surface area (TPSA) is 114 Å². The molecule has 1 unspecified atom stereocenters. The van der Waals surface area contributed by atoms with Gasteiger partial charge in [0.2, 0.25) is 11.8 Å². The minimum atomic E-state index is -0.755. The van der Waals surface area contributed by atoms with Crippen molar-refractivity contribution < 1.29 is 29.0 Å². The van der Waals surface area contributed by atoms with Gasteiger partial charge in [0.15, 0.2) is 5.76 Å². The third-order valence-electron chi connectivity index (χ3n) is 5.86. The summed E-state index contributed by atoms with van der Waals surface area (Å²) < 4.78 is 10.4. The lowest BCUT2D eigenvalue weighted by atomic mass is 9.86. The van der Waals surface area contributed by atoms with Crippen molar-refractivity contribution in [1.29, 1.82) is 0 Å². The zero-order valence-corrected chi connectivity index (χ0v) is 23.7. The summed E-state index contributed by atoms with van der Waals surface area (Å²) in [6.07, 6.45) is 18.0. The molecule has 8 nitrogen and oxygen atoms in total. The van der Waals surface area contributed by atoms with Crippen LogP contribution in [0.3, 0.4) is 0 Å². The molecule has 3 N–H and O–H groups in total. The molecule has 0 aromatic rings. The number of cyclic esters (lactones) is 1. The van der Waals surface area contributed by atoms with E-state index in [1.807, 2.05) is 65.8 Å². The summed E-state index contributed by atoms with van der Waals surface area (Å²) in [5, 5.41) is 15.3. The van der Waals surface area contributed by atoms with Gasteiger partial charge in [-0.3, -0.25) is 9.59 Å². The van der Waals surface area contributed by atoms with Crippen molar-refractivity contribution in [2.75, 3.05) is 7.11 Å². The van der Waals surface area contributed by atoms with Crippen LogP contribution in [0.5, 0.6) is 0 Å². The van der Waals surface area contributed by atoms with Gasteiger partial charge in [0, 0.05) is 18.4 Å². The van der Waals surface area contributed by atoms with E-state index in [0.717, 1.165) is 5.57 Å². The van der Waals surface area contributed by atoms with Crippen LogP contribution in [0, 0.1) is 11.3 Å². The van der Waals surface area contributed by atoms with Crippen LogP contribution in [0.4, 0.5) is 0 Å². The van der Waals surface area contributed by atoms with E-state index in [9.17, 15) is 19.5 Å². The number of hydrogen-bond donors (Lipinski definition) is 3. The molecule has 2 amide bonds. The van der Waals surface area contributed by atoms with E-state index < -0.39 is 23.5 Å². The van der Waals surface area contributed by atoms with E-state index >= 15 is 0 Å².